The average Bonchev–Trinajstić information content (AvgIpc) is 3.05. The first kappa shape index (κ1) is 21.5. The predicted octanol–water partition coefficient (Wildman–Crippen LogP) is 4.77. The first-order chi connectivity index (χ1) is 14.7. The second kappa shape index (κ2) is 8.42. The van der Waals surface area contributed by atoms with Crippen molar-refractivity contribution in [1.82, 2.24) is 9.29 Å². The summed E-state index contributed by atoms with van der Waals surface area (Å²) in [5, 5.41) is 0. The van der Waals surface area contributed by atoms with Gasteiger partial charge in [0.15, 0.2) is 0 Å². The Balaban J connectivity index is 1.63. The van der Waals surface area contributed by atoms with Crippen molar-refractivity contribution in [2.45, 2.75) is 38.3 Å². The smallest absolute Gasteiger partial charge is 0.294 e. The molecule has 1 aromatic heterocycles. The monoisotopic (exact) mass is 452 g/mol. The van der Waals surface area contributed by atoms with Gasteiger partial charge in [-0.25, -0.2) is 13.1 Å². The van der Waals surface area contributed by atoms with Crippen LogP contribution in [0.3, 0.4) is 0 Å². The molecule has 0 aliphatic rings. The van der Waals surface area contributed by atoms with Crippen LogP contribution in [0.15, 0.2) is 76.4 Å². The number of nitrogens with zero attached hydrogens (tertiary/aromatic N) is 1. The van der Waals surface area contributed by atoms with E-state index in [-0.39, 0.29) is 15.8 Å². The van der Waals surface area contributed by atoms with Gasteiger partial charge in [0.2, 0.25) is 10.0 Å². The molecule has 1 heterocycles. The Bertz CT molecular complexity index is 1400. The van der Waals surface area contributed by atoms with Crippen molar-refractivity contribution in [3.63, 3.8) is 0 Å². The molecule has 0 aliphatic carbocycles. The molecule has 31 heavy (non-hydrogen) atoms. The minimum Gasteiger partial charge on any atom is -0.294 e. The lowest BCUT2D eigenvalue weighted by Crippen LogP contribution is -2.27. The van der Waals surface area contributed by atoms with E-state index in [2.05, 4.69) is 4.72 Å². The van der Waals surface area contributed by atoms with E-state index in [1.54, 1.807) is 22.8 Å². The fraction of sp³-hybridized carbons (Fsp3) is 0.208. The van der Waals surface area contributed by atoms with Crippen molar-refractivity contribution in [3.05, 3.63) is 98.7 Å². The molecule has 0 spiro atoms. The zero-order valence-corrected chi connectivity index (χ0v) is 19.3. The summed E-state index contributed by atoms with van der Waals surface area (Å²) in [4.78, 5) is 12.6. The molecule has 1 N–H and O–H groups in total. The number of aromatic nitrogens is 1. The number of thiazole rings is 1. The highest BCUT2D eigenvalue weighted by Gasteiger charge is 2.20. The summed E-state index contributed by atoms with van der Waals surface area (Å²) in [7, 11) is -3.74. The summed E-state index contributed by atoms with van der Waals surface area (Å²) in [5.41, 5.74) is 4.95. The van der Waals surface area contributed by atoms with Gasteiger partial charge in [0, 0.05) is 6.04 Å². The van der Waals surface area contributed by atoms with Gasteiger partial charge in [0.25, 0.3) is 0 Å². The molecule has 0 saturated carbocycles. The van der Waals surface area contributed by atoms with Crippen LogP contribution in [0.1, 0.15) is 35.2 Å². The second-order valence-corrected chi connectivity index (χ2v) is 10.5. The molecule has 0 saturated heterocycles. The van der Waals surface area contributed by atoms with Gasteiger partial charge < -0.3 is 0 Å². The average molecular weight is 453 g/mol. The number of nitrogens with one attached hydrogen (secondary N) is 1. The zero-order valence-electron chi connectivity index (χ0n) is 17.6. The number of hydrogen-bond donors (Lipinski definition) is 1. The molecule has 0 amide bonds. The molecule has 7 heteroatoms. The number of rotatable bonds is 6. The molecule has 4 aromatic rings. The summed E-state index contributed by atoms with van der Waals surface area (Å²) in [6.45, 7) is 6.32. The highest BCUT2D eigenvalue weighted by molar-refractivity contribution is 7.89. The molecule has 0 bridgehead atoms. The summed E-state index contributed by atoms with van der Waals surface area (Å²) < 4.78 is 31.1. The highest BCUT2D eigenvalue weighted by Crippen LogP contribution is 2.24. The lowest BCUT2D eigenvalue weighted by molar-refractivity contribution is 0.567. The Morgan fingerprint density at radius 2 is 1.71 bits per heavy atom. The van der Waals surface area contributed by atoms with E-state index in [4.69, 9.17) is 0 Å². The van der Waals surface area contributed by atoms with E-state index in [0.717, 1.165) is 33.5 Å². The van der Waals surface area contributed by atoms with E-state index < -0.39 is 10.0 Å². The lowest BCUT2D eigenvalue weighted by Gasteiger charge is -2.16. The van der Waals surface area contributed by atoms with Crippen molar-refractivity contribution in [2.75, 3.05) is 0 Å². The fourth-order valence-corrected chi connectivity index (χ4v) is 5.79. The van der Waals surface area contributed by atoms with Gasteiger partial charge in [-0.05, 0) is 61.2 Å². The quantitative estimate of drug-likeness (QED) is 0.458. The van der Waals surface area contributed by atoms with Crippen LogP contribution in [0.5, 0.6) is 0 Å². The van der Waals surface area contributed by atoms with Gasteiger partial charge >= 0.3 is 4.87 Å². The van der Waals surface area contributed by atoms with Crippen LogP contribution >= 0.6 is 11.3 Å². The van der Waals surface area contributed by atoms with Crippen molar-refractivity contribution in [1.29, 1.82) is 0 Å². The Morgan fingerprint density at radius 1 is 0.968 bits per heavy atom. The highest BCUT2D eigenvalue weighted by atomic mass is 32.2. The first-order valence-corrected chi connectivity index (χ1v) is 12.3. The predicted molar refractivity (Wildman–Crippen MR) is 126 cm³/mol. The Kier molecular flexibility index (Phi) is 5.83. The number of benzene rings is 3. The third kappa shape index (κ3) is 4.49. The lowest BCUT2D eigenvalue weighted by atomic mass is 10.0. The Labute approximate surface area is 186 Å². The van der Waals surface area contributed by atoms with Crippen molar-refractivity contribution in [3.8, 4) is 0 Å². The van der Waals surface area contributed by atoms with Crippen molar-refractivity contribution < 1.29 is 8.42 Å². The third-order valence-electron chi connectivity index (χ3n) is 5.50. The number of aryl methyl sites for hydroxylation is 2. The van der Waals surface area contributed by atoms with Gasteiger partial charge in [0.1, 0.15) is 0 Å². The molecule has 1 unspecified atom stereocenters. The molecule has 0 radical (unpaired) electrons. The standard InChI is InChI=1S/C24H24N2O3S2/c1-16-9-10-20(13-17(16)2)18(3)25-31(28,29)21-11-12-22-23(14-21)30-24(27)26(22)15-19-7-5-4-6-8-19/h4-14,18,25H,15H2,1-3H3. The Hall–Kier alpha value is -2.74. The van der Waals surface area contributed by atoms with Crippen molar-refractivity contribution in [2.24, 2.45) is 0 Å². The molecule has 5 nitrogen and oxygen atoms in total. The van der Waals surface area contributed by atoms with Gasteiger partial charge in [-0.15, -0.1) is 0 Å². The van der Waals surface area contributed by atoms with Crippen LogP contribution in [-0.4, -0.2) is 13.0 Å². The van der Waals surface area contributed by atoms with Crippen LogP contribution < -0.4 is 9.60 Å². The van der Waals surface area contributed by atoms with Crippen LogP contribution in [0.2, 0.25) is 0 Å². The molecule has 1 atom stereocenters. The summed E-state index contributed by atoms with van der Waals surface area (Å²) in [6, 6.07) is 20.1. The minimum atomic E-state index is -3.74. The van der Waals surface area contributed by atoms with Crippen LogP contribution in [0, 0.1) is 13.8 Å². The zero-order chi connectivity index (χ0) is 22.2. The fourth-order valence-electron chi connectivity index (χ4n) is 3.53. The maximum atomic E-state index is 13.0. The molecule has 0 aliphatic heterocycles. The maximum absolute atomic E-state index is 13.0. The van der Waals surface area contributed by atoms with Crippen LogP contribution in [0.4, 0.5) is 0 Å². The normalized spacial score (nSPS) is 12.9. The number of fused-ring (bicyclic) bond motifs is 1. The van der Waals surface area contributed by atoms with Gasteiger partial charge in [-0.2, -0.15) is 0 Å². The van der Waals surface area contributed by atoms with Gasteiger partial charge in [-0.1, -0.05) is 59.9 Å². The van der Waals surface area contributed by atoms with E-state index >= 15 is 0 Å². The summed E-state index contributed by atoms with van der Waals surface area (Å²) in [5.74, 6) is 0. The van der Waals surface area contributed by atoms with Gasteiger partial charge in [-0.3, -0.25) is 9.36 Å². The number of hydrogen-bond acceptors (Lipinski definition) is 4. The van der Waals surface area contributed by atoms with E-state index in [0.29, 0.717) is 11.2 Å². The maximum Gasteiger partial charge on any atom is 0.308 e. The van der Waals surface area contributed by atoms with Gasteiger partial charge in [0.05, 0.1) is 21.7 Å². The molecule has 4 rings (SSSR count). The minimum absolute atomic E-state index is 0.107. The van der Waals surface area contributed by atoms with Crippen molar-refractivity contribution >= 4 is 31.6 Å². The summed E-state index contributed by atoms with van der Waals surface area (Å²) in [6.07, 6.45) is 0. The van der Waals surface area contributed by atoms with E-state index in [1.165, 1.54) is 5.56 Å². The van der Waals surface area contributed by atoms with Crippen LogP contribution in [0.25, 0.3) is 10.2 Å². The second-order valence-electron chi connectivity index (χ2n) is 7.76. The molecular weight excluding hydrogens is 428 g/mol. The topological polar surface area (TPSA) is 68.2 Å². The molecule has 0 fully saturated rings. The number of sulfonamides is 1. The van der Waals surface area contributed by atoms with E-state index in [1.807, 2.05) is 69.3 Å². The first-order valence-electron chi connectivity index (χ1n) is 10.0. The third-order valence-corrected chi connectivity index (χ3v) is 7.98. The molecular formula is C24H24N2O3S2. The largest absolute Gasteiger partial charge is 0.308 e. The molecule has 160 valence electrons. The van der Waals surface area contributed by atoms with Crippen LogP contribution in [-0.2, 0) is 16.6 Å². The Morgan fingerprint density at radius 3 is 2.42 bits per heavy atom. The SMILES string of the molecule is Cc1ccc(C(C)NS(=O)(=O)c2ccc3c(c2)sc(=O)n3Cc2ccccc2)cc1C. The molecule has 3 aromatic carbocycles. The summed E-state index contributed by atoms with van der Waals surface area (Å²) >= 11 is 1.06. The van der Waals surface area contributed by atoms with E-state index in [9.17, 15) is 13.2 Å².